The number of rotatable bonds is 2. The molecule has 1 atom stereocenters. The molecule has 82 valence electrons. The van der Waals surface area contributed by atoms with E-state index in [4.69, 9.17) is 11.6 Å². The number of dihydropyridines is 1. The van der Waals surface area contributed by atoms with Crippen LogP contribution in [-0.4, -0.2) is 11.4 Å². The summed E-state index contributed by atoms with van der Waals surface area (Å²) in [5.41, 5.74) is 1.03. The standard InChI is InChI=1S/C12H10ClNO2/c13-12(9-3-1-5-11(16)7-9)10(8-15)4-2-6-14-12/h1-8,14,16H. The van der Waals surface area contributed by atoms with Crippen LogP contribution < -0.4 is 5.32 Å². The number of phenols is 1. The summed E-state index contributed by atoms with van der Waals surface area (Å²) in [6.07, 6.45) is 5.70. The Labute approximate surface area is 98.0 Å². The third-order valence-corrected chi connectivity index (χ3v) is 2.97. The smallest absolute Gasteiger partial charge is 0.167 e. The maximum atomic E-state index is 10.9. The van der Waals surface area contributed by atoms with Crippen molar-refractivity contribution in [2.75, 3.05) is 0 Å². The Balaban J connectivity index is 2.50. The van der Waals surface area contributed by atoms with E-state index in [1.165, 1.54) is 6.07 Å². The molecule has 0 aliphatic carbocycles. The van der Waals surface area contributed by atoms with Gasteiger partial charge in [0, 0.05) is 11.1 Å². The maximum Gasteiger partial charge on any atom is 0.167 e. The number of hydrogen-bond acceptors (Lipinski definition) is 3. The molecular formula is C12H10ClNO2. The molecular weight excluding hydrogens is 226 g/mol. The van der Waals surface area contributed by atoms with Gasteiger partial charge in [-0.3, -0.25) is 4.79 Å². The molecule has 0 aromatic heterocycles. The van der Waals surface area contributed by atoms with Crippen molar-refractivity contribution in [1.82, 2.24) is 5.32 Å². The van der Waals surface area contributed by atoms with Gasteiger partial charge in [0.2, 0.25) is 0 Å². The predicted molar refractivity (Wildman–Crippen MR) is 62.1 cm³/mol. The fraction of sp³-hybridized carbons (Fsp3) is 0.0833. The van der Waals surface area contributed by atoms with E-state index in [0.29, 0.717) is 17.4 Å². The number of carbonyl (C=O) groups is 1. The molecule has 1 aromatic rings. The lowest BCUT2D eigenvalue weighted by atomic mass is 9.96. The van der Waals surface area contributed by atoms with Crippen LogP contribution in [0.1, 0.15) is 5.56 Å². The minimum atomic E-state index is -1.10. The summed E-state index contributed by atoms with van der Waals surface area (Å²) in [5.74, 6) is 0.110. The van der Waals surface area contributed by atoms with E-state index in [-0.39, 0.29) is 5.75 Å². The number of carbonyl (C=O) groups excluding carboxylic acids is 1. The topological polar surface area (TPSA) is 49.3 Å². The van der Waals surface area contributed by atoms with Crippen LogP contribution in [0.3, 0.4) is 0 Å². The highest BCUT2D eigenvalue weighted by Crippen LogP contribution is 2.35. The second kappa shape index (κ2) is 4.02. The SMILES string of the molecule is O=CC1=CC=CNC1(Cl)c1cccc(O)c1. The van der Waals surface area contributed by atoms with Crippen LogP contribution in [0.25, 0.3) is 0 Å². The Morgan fingerprint density at radius 2 is 2.25 bits per heavy atom. The molecule has 1 aliphatic heterocycles. The number of alkyl halides is 1. The largest absolute Gasteiger partial charge is 0.508 e. The highest BCUT2D eigenvalue weighted by Gasteiger charge is 2.34. The van der Waals surface area contributed by atoms with Crippen molar-refractivity contribution < 1.29 is 9.90 Å². The molecule has 0 amide bonds. The summed E-state index contributed by atoms with van der Waals surface area (Å²) in [5, 5.41) is 12.3. The van der Waals surface area contributed by atoms with Gasteiger partial charge in [-0.2, -0.15) is 0 Å². The first-order valence-corrected chi connectivity index (χ1v) is 5.13. The summed E-state index contributed by atoms with van der Waals surface area (Å²) in [6, 6.07) is 6.50. The van der Waals surface area contributed by atoms with E-state index < -0.39 is 5.00 Å². The van der Waals surface area contributed by atoms with Crippen molar-refractivity contribution in [2.24, 2.45) is 0 Å². The van der Waals surface area contributed by atoms with Gasteiger partial charge >= 0.3 is 0 Å². The Morgan fingerprint density at radius 3 is 2.94 bits per heavy atom. The fourth-order valence-electron chi connectivity index (χ4n) is 1.60. The van der Waals surface area contributed by atoms with Crippen LogP contribution in [0, 0.1) is 0 Å². The summed E-state index contributed by atoms with van der Waals surface area (Å²) in [6.45, 7) is 0. The van der Waals surface area contributed by atoms with Crippen LogP contribution in [0.15, 0.2) is 48.2 Å². The van der Waals surface area contributed by atoms with Gasteiger partial charge in [0.1, 0.15) is 12.0 Å². The van der Waals surface area contributed by atoms with Gasteiger partial charge in [0.15, 0.2) is 5.00 Å². The molecule has 0 spiro atoms. The Morgan fingerprint density at radius 1 is 1.44 bits per heavy atom. The van der Waals surface area contributed by atoms with Crippen LogP contribution in [0.2, 0.25) is 0 Å². The van der Waals surface area contributed by atoms with Crippen LogP contribution in [-0.2, 0) is 9.79 Å². The number of halogens is 1. The van der Waals surface area contributed by atoms with Crippen molar-refractivity contribution in [3.8, 4) is 5.75 Å². The van der Waals surface area contributed by atoms with E-state index in [9.17, 15) is 9.90 Å². The molecule has 2 N–H and O–H groups in total. The zero-order valence-electron chi connectivity index (χ0n) is 8.35. The van der Waals surface area contributed by atoms with E-state index in [2.05, 4.69) is 5.32 Å². The average molecular weight is 236 g/mol. The second-order valence-electron chi connectivity index (χ2n) is 3.45. The molecule has 1 heterocycles. The molecule has 2 rings (SSSR count). The van der Waals surface area contributed by atoms with Crippen molar-refractivity contribution in [3.05, 3.63) is 53.8 Å². The molecule has 0 fully saturated rings. The predicted octanol–water partition coefficient (Wildman–Crippen LogP) is 2.03. The zero-order valence-corrected chi connectivity index (χ0v) is 9.11. The first kappa shape index (κ1) is 10.8. The van der Waals surface area contributed by atoms with Crippen molar-refractivity contribution in [1.29, 1.82) is 0 Å². The third kappa shape index (κ3) is 1.70. The number of allylic oxidation sites excluding steroid dienone is 2. The average Bonchev–Trinajstić information content (AvgIpc) is 2.30. The Kier molecular flexibility index (Phi) is 2.71. The minimum absolute atomic E-state index is 0.110. The van der Waals surface area contributed by atoms with Crippen molar-refractivity contribution in [3.63, 3.8) is 0 Å². The molecule has 3 nitrogen and oxygen atoms in total. The molecule has 1 aromatic carbocycles. The van der Waals surface area contributed by atoms with Gasteiger partial charge in [-0.1, -0.05) is 29.8 Å². The molecule has 0 bridgehead atoms. The second-order valence-corrected chi connectivity index (χ2v) is 4.02. The minimum Gasteiger partial charge on any atom is -0.508 e. The van der Waals surface area contributed by atoms with Gasteiger partial charge in [-0.05, 0) is 24.4 Å². The monoisotopic (exact) mass is 235 g/mol. The van der Waals surface area contributed by atoms with E-state index in [1.54, 1.807) is 36.6 Å². The van der Waals surface area contributed by atoms with Crippen LogP contribution in [0.4, 0.5) is 0 Å². The molecule has 4 heteroatoms. The molecule has 0 saturated heterocycles. The number of phenolic OH excluding ortho intramolecular Hbond substituents is 1. The fourth-order valence-corrected chi connectivity index (χ4v) is 1.89. The van der Waals surface area contributed by atoms with Gasteiger partial charge in [-0.15, -0.1) is 0 Å². The normalized spacial score (nSPS) is 23.4. The van der Waals surface area contributed by atoms with Crippen LogP contribution in [0.5, 0.6) is 5.75 Å². The zero-order chi connectivity index (χ0) is 11.6. The maximum absolute atomic E-state index is 10.9. The van der Waals surface area contributed by atoms with Gasteiger partial charge in [0.05, 0.1) is 0 Å². The molecule has 0 saturated carbocycles. The van der Waals surface area contributed by atoms with E-state index >= 15 is 0 Å². The summed E-state index contributed by atoms with van der Waals surface area (Å²) < 4.78 is 0. The number of nitrogens with one attached hydrogen (secondary N) is 1. The summed E-state index contributed by atoms with van der Waals surface area (Å²) in [7, 11) is 0. The molecule has 1 unspecified atom stereocenters. The highest BCUT2D eigenvalue weighted by atomic mass is 35.5. The Bertz CT molecular complexity index is 482. The van der Waals surface area contributed by atoms with E-state index in [0.717, 1.165) is 0 Å². The molecule has 16 heavy (non-hydrogen) atoms. The van der Waals surface area contributed by atoms with Gasteiger partial charge in [-0.25, -0.2) is 0 Å². The number of aldehydes is 1. The molecule has 0 radical (unpaired) electrons. The molecule has 1 aliphatic rings. The lowest BCUT2D eigenvalue weighted by Crippen LogP contribution is -2.37. The Hall–Kier alpha value is -1.74. The number of hydrogen-bond donors (Lipinski definition) is 2. The first-order valence-electron chi connectivity index (χ1n) is 4.75. The first-order chi connectivity index (χ1) is 7.66. The van der Waals surface area contributed by atoms with Gasteiger partial charge < -0.3 is 10.4 Å². The van der Waals surface area contributed by atoms with Crippen LogP contribution >= 0.6 is 11.6 Å². The summed E-state index contributed by atoms with van der Waals surface area (Å²) in [4.78, 5) is 9.84. The number of aromatic hydroxyl groups is 1. The summed E-state index contributed by atoms with van der Waals surface area (Å²) >= 11 is 6.37. The lowest BCUT2D eigenvalue weighted by Gasteiger charge is -2.30. The quantitative estimate of drug-likeness (QED) is 0.469. The van der Waals surface area contributed by atoms with Crippen molar-refractivity contribution >= 4 is 17.9 Å². The number of benzene rings is 1. The highest BCUT2D eigenvalue weighted by molar-refractivity contribution is 6.27. The lowest BCUT2D eigenvalue weighted by molar-refractivity contribution is -0.105. The van der Waals surface area contributed by atoms with Crippen molar-refractivity contribution in [2.45, 2.75) is 5.00 Å². The third-order valence-electron chi connectivity index (χ3n) is 2.42. The van der Waals surface area contributed by atoms with Gasteiger partial charge in [0.25, 0.3) is 0 Å². The van der Waals surface area contributed by atoms with E-state index in [1.807, 2.05) is 0 Å².